The molecule has 0 aliphatic heterocycles. The zero-order valence-corrected chi connectivity index (χ0v) is 11.0. The second-order valence-electron chi connectivity index (χ2n) is 3.49. The first-order chi connectivity index (χ1) is 8.28. The molecule has 0 unspecified atom stereocenters. The maximum atomic E-state index is 5.81. The Hall–Kier alpha value is -1.36. The van der Waals surface area contributed by atoms with Crippen LogP contribution in [0.25, 0.3) is 0 Å². The number of hydrogen-bond donors (Lipinski definition) is 0. The summed E-state index contributed by atoms with van der Waals surface area (Å²) in [6.07, 6.45) is 2.06. The number of halogens is 1. The summed E-state index contributed by atoms with van der Waals surface area (Å²) in [5.41, 5.74) is 2.00. The van der Waals surface area contributed by atoms with Crippen molar-refractivity contribution in [2.45, 2.75) is 4.90 Å². The molecule has 0 radical (unpaired) electrons. The lowest BCUT2D eigenvalue weighted by Gasteiger charge is -1.95. The van der Waals surface area contributed by atoms with Gasteiger partial charge in [-0.25, -0.2) is 0 Å². The van der Waals surface area contributed by atoms with E-state index < -0.39 is 0 Å². The van der Waals surface area contributed by atoms with E-state index >= 15 is 0 Å². The second kappa shape index (κ2) is 5.82. The molecule has 0 saturated carbocycles. The average molecular weight is 259 g/mol. The van der Waals surface area contributed by atoms with Crippen molar-refractivity contribution in [1.82, 2.24) is 0 Å². The number of benzene rings is 2. The third-order valence-electron chi connectivity index (χ3n) is 2.29. The Bertz CT molecular complexity index is 544. The van der Waals surface area contributed by atoms with Gasteiger partial charge in [0.1, 0.15) is 0 Å². The molecule has 0 bridgehead atoms. The number of thioether (sulfide) groups is 1. The zero-order valence-electron chi connectivity index (χ0n) is 9.41. The first-order valence-corrected chi connectivity index (χ1v) is 6.80. The molecule has 2 aromatic carbocycles. The number of hydrogen-bond acceptors (Lipinski definition) is 1. The van der Waals surface area contributed by atoms with Gasteiger partial charge in [0, 0.05) is 21.0 Å². The molecule has 0 fully saturated rings. The summed E-state index contributed by atoms with van der Waals surface area (Å²) in [6, 6.07) is 15.8. The topological polar surface area (TPSA) is 0 Å². The lowest BCUT2D eigenvalue weighted by Crippen LogP contribution is -1.76. The van der Waals surface area contributed by atoms with Crippen molar-refractivity contribution < 1.29 is 0 Å². The summed E-state index contributed by atoms with van der Waals surface area (Å²) in [7, 11) is 0. The van der Waals surface area contributed by atoms with E-state index in [-0.39, 0.29) is 0 Å². The van der Waals surface area contributed by atoms with Crippen molar-refractivity contribution in [2.75, 3.05) is 6.26 Å². The van der Waals surface area contributed by atoms with E-state index in [0.29, 0.717) is 0 Å². The van der Waals surface area contributed by atoms with Crippen LogP contribution in [0.3, 0.4) is 0 Å². The fourth-order valence-electron chi connectivity index (χ4n) is 1.35. The van der Waals surface area contributed by atoms with Gasteiger partial charge >= 0.3 is 0 Å². The van der Waals surface area contributed by atoms with Crippen LogP contribution >= 0.6 is 23.4 Å². The fraction of sp³-hybridized carbons (Fsp3) is 0.0667. The Morgan fingerprint density at radius 3 is 1.76 bits per heavy atom. The van der Waals surface area contributed by atoms with Gasteiger partial charge in [-0.2, -0.15) is 0 Å². The molecule has 0 aromatic heterocycles. The third kappa shape index (κ3) is 3.56. The van der Waals surface area contributed by atoms with E-state index in [1.165, 1.54) is 4.90 Å². The molecule has 17 heavy (non-hydrogen) atoms. The highest BCUT2D eigenvalue weighted by molar-refractivity contribution is 7.98. The molecule has 0 saturated heterocycles. The van der Waals surface area contributed by atoms with Crippen molar-refractivity contribution in [1.29, 1.82) is 0 Å². The molecule has 0 aliphatic carbocycles. The van der Waals surface area contributed by atoms with Crippen LogP contribution in [0.4, 0.5) is 0 Å². The van der Waals surface area contributed by atoms with Gasteiger partial charge in [0.2, 0.25) is 0 Å². The maximum absolute atomic E-state index is 5.81. The van der Waals surface area contributed by atoms with Crippen LogP contribution in [0.1, 0.15) is 11.1 Å². The van der Waals surface area contributed by atoms with Crippen LogP contribution in [0, 0.1) is 11.8 Å². The minimum absolute atomic E-state index is 0.736. The summed E-state index contributed by atoms with van der Waals surface area (Å²) in [5.74, 6) is 6.24. The molecule has 0 heterocycles. The standard InChI is InChI=1S/C15H11ClS/c1-17-15-10-6-13(7-11-15)3-2-12-4-8-14(16)9-5-12/h4-11H,1H3. The molecule has 0 nitrogen and oxygen atoms in total. The van der Waals surface area contributed by atoms with E-state index in [9.17, 15) is 0 Å². The van der Waals surface area contributed by atoms with Gasteiger partial charge < -0.3 is 0 Å². The molecular weight excluding hydrogens is 248 g/mol. The van der Waals surface area contributed by atoms with Crippen LogP contribution in [-0.4, -0.2) is 6.26 Å². The molecule has 0 aliphatic rings. The highest BCUT2D eigenvalue weighted by Crippen LogP contribution is 2.14. The molecular formula is C15H11ClS. The largest absolute Gasteiger partial charge is 0.130 e. The Balaban J connectivity index is 2.17. The molecule has 2 heteroatoms. The van der Waals surface area contributed by atoms with Gasteiger partial charge in [0.25, 0.3) is 0 Å². The first-order valence-electron chi connectivity index (χ1n) is 5.19. The number of rotatable bonds is 1. The summed E-state index contributed by atoms with van der Waals surface area (Å²) in [5, 5.41) is 0.736. The smallest absolute Gasteiger partial charge is 0.0406 e. The van der Waals surface area contributed by atoms with Crippen LogP contribution in [0.5, 0.6) is 0 Å². The summed E-state index contributed by atoms with van der Waals surface area (Å²) in [6.45, 7) is 0. The monoisotopic (exact) mass is 258 g/mol. The van der Waals surface area contributed by atoms with Crippen molar-refractivity contribution in [2.24, 2.45) is 0 Å². The van der Waals surface area contributed by atoms with Gasteiger partial charge in [-0.05, 0) is 54.8 Å². The highest BCUT2D eigenvalue weighted by Gasteiger charge is 1.90. The fourth-order valence-corrected chi connectivity index (χ4v) is 1.89. The van der Waals surface area contributed by atoms with Crippen molar-refractivity contribution >= 4 is 23.4 Å². The summed E-state index contributed by atoms with van der Waals surface area (Å²) < 4.78 is 0. The van der Waals surface area contributed by atoms with Gasteiger partial charge in [-0.15, -0.1) is 11.8 Å². The van der Waals surface area contributed by atoms with Crippen LogP contribution in [0.2, 0.25) is 5.02 Å². The van der Waals surface area contributed by atoms with E-state index in [2.05, 4.69) is 30.2 Å². The Morgan fingerprint density at radius 1 is 0.824 bits per heavy atom. The van der Waals surface area contributed by atoms with Crippen LogP contribution < -0.4 is 0 Å². The van der Waals surface area contributed by atoms with Gasteiger partial charge in [-0.3, -0.25) is 0 Å². The van der Waals surface area contributed by atoms with Crippen molar-refractivity contribution in [3.8, 4) is 11.8 Å². The Labute approximate surface area is 111 Å². The quantitative estimate of drug-likeness (QED) is 0.538. The second-order valence-corrected chi connectivity index (χ2v) is 4.80. The van der Waals surface area contributed by atoms with Crippen molar-refractivity contribution in [3.63, 3.8) is 0 Å². The van der Waals surface area contributed by atoms with Gasteiger partial charge in [0.05, 0.1) is 0 Å². The van der Waals surface area contributed by atoms with Crippen LogP contribution in [0.15, 0.2) is 53.4 Å². The third-order valence-corrected chi connectivity index (χ3v) is 3.28. The highest BCUT2D eigenvalue weighted by atomic mass is 35.5. The minimum atomic E-state index is 0.736. The predicted octanol–water partition coefficient (Wildman–Crippen LogP) is 4.46. The van der Waals surface area contributed by atoms with E-state index in [1.807, 2.05) is 36.4 Å². The molecule has 0 N–H and O–H groups in total. The SMILES string of the molecule is CSc1ccc(C#Cc2ccc(Cl)cc2)cc1. The van der Waals surface area contributed by atoms with Crippen LogP contribution in [-0.2, 0) is 0 Å². The molecule has 2 aromatic rings. The normalized spacial score (nSPS) is 9.53. The van der Waals surface area contributed by atoms with Gasteiger partial charge in [-0.1, -0.05) is 23.4 Å². The zero-order chi connectivity index (χ0) is 12.1. The lowest BCUT2D eigenvalue weighted by atomic mass is 10.2. The predicted molar refractivity (Wildman–Crippen MR) is 75.7 cm³/mol. The summed E-state index contributed by atoms with van der Waals surface area (Å²) in [4.78, 5) is 1.25. The van der Waals surface area contributed by atoms with E-state index in [1.54, 1.807) is 11.8 Å². The molecule has 2 rings (SSSR count). The maximum Gasteiger partial charge on any atom is 0.0406 e. The van der Waals surface area contributed by atoms with E-state index in [4.69, 9.17) is 11.6 Å². The van der Waals surface area contributed by atoms with Gasteiger partial charge in [0.15, 0.2) is 0 Å². The molecule has 84 valence electrons. The Kier molecular flexibility index (Phi) is 4.14. The molecule has 0 amide bonds. The first kappa shape index (κ1) is 12.1. The lowest BCUT2D eigenvalue weighted by molar-refractivity contribution is 1.45. The average Bonchev–Trinajstić information content (AvgIpc) is 2.39. The Morgan fingerprint density at radius 2 is 1.29 bits per heavy atom. The minimum Gasteiger partial charge on any atom is -0.130 e. The van der Waals surface area contributed by atoms with Crippen molar-refractivity contribution in [3.05, 3.63) is 64.7 Å². The molecule has 0 spiro atoms. The summed E-state index contributed by atoms with van der Waals surface area (Å²) >= 11 is 7.54. The molecule has 0 atom stereocenters. The van der Waals surface area contributed by atoms with E-state index in [0.717, 1.165) is 16.1 Å².